The number of urea groups is 1. The van der Waals surface area contributed by atoms with Gasteiger partial charge in [-0.3, -0.25) is 0 Å². The van der Waals surface area contributed by atoms with Gasteiger partial charge in [0.25, 0.3) is 0 Å². The minimum atomic E-state index is -1.08. The molecule has 0 saturated carbocycles. The molecule has 1 aliphatic rings. The highest BCUT2D eigenvalue weighted by Gasteiger charge is 2.35. The maximum absolute atomic E-state index is 13.2. The summed E-state index contributed by atoms with van der Waals surface area (Å²) in [7, 11) is 0. The third-order valence-corrected chi connectivity index (χ3v) is 5.50. The van der Waals surface area contributed by atoms with Gasteiger partial charge in [-0.15, -0.1) is 0 Å². The normalized spacial score (nSPS) is 16.6. The van der Waals surface area contributed by atoms with Gasteiger partial charge in [0.05, 0.1) is 12.0 Å². The minimum Gasteiger partial charge on any atom is -0.480 e. The number of nitrogens with zero attached hydrogens (tertiary/aromatic N) is 2. The second kappa shape index (κ2) is 8.59. The predicted molar refractivity (Wildman–Crippen MR) is 112 cm³/mol. The van der Waals surface area contributed by atoms with Gasteiger partial charge in [-0.1, -0.05) is 54.1 Å². The van der Waals surface area contributed by atoms with E-state index in [4.69, 9.17) is 11.6 Å². The molecule has 7 nitrogen and oxygen atoms in total. The quantitative estimate of drug-likeness (QED) is 0.584. The predicted octanol–water partition coefficient (Wildman–Crippen LogP) is 3.42. The van der Waals surface area contributed by atoms with Crippen molar-refractivity contribution in [3.05, 3.63) is 88.5 Å². The smallest absolute Gasteiger partial charge is 0.326 e. The first-order chi connectivity index (χ1) is 14.5. The van der Waals surface area contributed by atoms with Gasteiger partial charge in [0.15, 0.2) is 0 Å². The van der Waals surface area contributed by atoms with Gasteiger partial charge in [0.2, 0.25) is 0 Å². The van der Waals surface area contributed by atoms with E-state index in [9.17, 15) is 14.7 Å². The Balaban J connectivity index is 1.59. The number of nitrogens with one attached hydrogen (secondary N) is 2. The minimum absolute atomic E-state index is 0.203. The number of hydrogen-bond donors (Lipinski definition) is 3. The van der Waals surface area contributed by atoms with Gasteiger partial charge >= 0.3 is 12.0 Å². The zero-order valence-electron chi connectivity index (χ0n) is 16.1. The molecule has 0 bridgehead atoms. The molecule has 0 aliphatic carbocycles. The van der Waals surface area contributed by atoms with E-state index in [2.05, 4.69) is 15.3 Å². The molecule has 2 aromatic carbocycles. The molecule has 30 heavy (non-hydrogen) atoms. The van der Waals surface area contributed by atoms with Crippen LogP contribution in [0.1, 0.15) is 28.6 Å². The van der Waals surface area contributed by atoms with E-state index >= 15 is 0 Å². The number of aromatic amines is 1. The summed E-state index contributed by atoms with van der Waals surface area (Å²) in [6.07, 6.45) is 2.43. The lowest BCUT2D eigenvalue weighted by molar-refractivity contribution is -0.139. The number of aromatic nitrogens is 2. The monoisotopic (exact) mass is 424 g/mol. The average molecular weight is 425 g/mol. The van der Waals surface area contributed by atoms with E-state index in [0.29, 0.717) is 18.0 Å². The highest BCUT2D eigenvalue weighted by atomic mass is 35.5. The molecule has 8 heteroatoms. The fraction of sp³-hybridized carbons (Fsp3) is 0.227. The van der Waals surface area contributed by atoms with Crippen molar-refractivity contribution in [2.24, 2.45) is 0 Å². The number of carboxylic acid groups (broad SMARTS) is 1. The molecule has 0 radical (unpaired) electrons. The van der Waals surface area contributed by atoms with Gasteiger partial charge in [0, 0.05) is 30.1 Å². The molecule has 0 spiro atoms. The molecule has 3 aromatic rings. The Kier molecular flexibility index (Phi) is 5.72. The summed E-state index contributed by atoms with van der Waals surface area (Å²) in [5.74, 6) is -1.08. The van der Waals surface area contributed by atoms with Crippen LogP contribution >= 0.6 is 11.6 Å². The molecule has 1 aromatic heterocycles. The number of benzene rings is 2. The lowest BCUT2D eigenvalue weighted by Gasteiger charge is -2.36. The Morgan fingerprint density at radius 3 is 2.63 bits per heavy atom. The number of imidazole rings is 1. The van der Waals surface area contributed by atoms with E-state index in [-0.39, 0.29) is 6.42 Å². The SMILES string of the molecule is O=C(O)[C@H](Cc1ccccc1)NC(=O)N1CCc2[nH]cnc2[C@H]1c1ccc(Cl)cc1. The maximum atomic E-state index is 13.2. The van der Waals surface area contributed by atoms with Crippen molar-refractivity contribution in [2.45, 2.75) is 24.9 Å². The van der Waals surface area contributed by atoms with Crippen LogP contribution in [0.5, 0.6) is 0 Å². The molecule has 0 fully saturated rings. The number of carbonyl (C=O) groups is 2. The Labute approximate surface area is 178 Å². The van der Waals surface area contributed by atoms with Crippen LogP contribution in [0, 0.1) is 0 Å². The molecule has 2 heterocycles. The van der Waals surface area contributed by atoms with Crippen molar-refractivity contribution in [3.63, 3.8) is 0 Å². The third kappa shape index (κ3) is 4.16. The van der Waals surface area contributed by atoms with Crippen LogP contribution in [0.3, 0.4) is 0 Å². The van der Waals surface area contributed by atoms with Gasteiger partial charge in [-0.05, 0) is 23.3 Å². The van der Waals surface area contributed by atoms with E-state index in [1.807, 2.05) is 42.5 Å². The van der Waals surface area contributed by atoms with E-state index in [1.54, 1.807) is 23.4 Å². The largest absolute Gasteiger partial charge is 0.480 e. The van der Waals surface area contributed by atoms with Crippen molar-refractivity contribution in [3.8, 4) is 0 Å². The van der Waals surface area contributed by atoms with Crippen LogP contribution in [0.25, 0.3) is 0 Å². The van der Waals surface area contributed by atoms with Crippen LogP contribution in [0.15, 0.2) is 60.9 Å². The molecule has 3 N–H and O–H groups in total. The van der Waals surface area contributed by atoms with Gasteiger partial charge in [0.1, 0.15) is 12.1 Å². The van der Waals surface area contributed by atoms with Gasteiger partial charge in [-0.2, -0.15) is 0 Å². The molecule has 0 saturated heterocycles. The zero-order chi connectivity index (χ0) is 21.1. The number of carbonyl (C=O) groups excluding carboxylic acids is 1. The Bertz CT molecular complexity index is 1040. The molecular weight excluding hydrogens is 404 g/mol. The highest BCUT2D eigenvalue weighted by molar-refractivity contribution is 6.30. The molecule has 2 atom stereocenters. The Morgan fingerprint density at radius 1 is 1.20 bits per heavy atom. The lowest BCUT2D eigenvalue weighted by Crippen LogP contribution is -2.51. The number of hydrogen-bond acceptors (Lipinski definition) is 3. The summed E-state index contributed by atoms with van der Waals surface area (Å²) in [5.41, 5.74) is 3.43. The highest BCUT2D eigenvalue weighted by Crippen LogP contribution is 2.33. The topological polar surface area (TPSA) is 98.3 Å². The second-order valence-electron chi connectivity index (χ2n) is 7.19. The Morgan fingerprint density at radius 2 is 1.93 bits per heavy atom. The van der Waals surface area contributed by atoms with Crippen molar-refractivity contribution in [2.75, 3.05) is 6.54 Å². The number of rotatable bonds is 5. The summed E-state index contributed by atoms with van der Waals surface area (Å²) in [6.45, 7) is 0.437. The number of aliphatic carboxylic acids is 1. The summed E-state index contributed by atoms with van der Waals surface area (Å²) in [5, 5.41) is 12.9. The molecule has 154 valence electrons. The number of amides is 2. The molecule has 2 amide bonds. The van der Waals surface area contributed by atoms with Crippen LogP contribution in [0.2, 0.25) is 5.02 Å². The molecule has 1 aliphatic heterocycles. The van der Waals surface area contributed by atoms with Crippen LogP contribution < -0.4 is 5.32 Å². The van der Waals surface area contributed by atoms with Crippen molar-refractivity contribution < 1.29 is 14.7 Å². The summed E-state index contributed by atoms with van der Waals surface area (Å²) in [6, 6.07) is 14.6. The number of halogens is 1. The molecule has 0 unspecified atom stereocenters. The fourth-order valence-corrected chi connectivity index (χ4v) is 3.89. The summed E-state index contributed by atoms with van der Waals surface area (Å²) in [4.78, 5) is 34.2. The van der Waals surface area contributed by atoms with E-state index in [0.717, 1.165) is 22.5 Å². The number of fused-ring (bicyclic) bond motifs is 1. The maximum Gasteiger partial charge on any atom is 0.326 e. The van der Waals surface area contributed by atoms with E-state index in [1.165, 1.54) is 0 Å². The van der Waals surface area contributed by atoms with Gasteiger partial charge in [-0.25, -0.2) is 14.6 Å². The average Bonchev–Trinajstić information content (AvgIpc) is 3.23. The first kappa shape index (κ1) is 20.0. The van der Waals surface area contributed by atoms with E-state index < -0.39 is 24.1 Å². The van der Waals surface area contributed by atoms with Crippen LogP contribution in [-0.4, -0.2) is 44.6 Å². The van der Waals surface area contributed by atoms with Crippen molar-refractivity contribution >= 4 is 23.6 Å². The first-order valence-corrected chi connectivity index (χ1v) is 10.0. The molecule has 4 rings (SSSR count). The van der Waals surface area contributed by atoms with Gasteiger partial charge < -0.3 is 20.3 Å². The second-order valence-corrected chi connectivity index (χ2v) is 7.63. The molecular formula is C22H21ClN4O3. The standard InChI is InChI=1S/C22H21ClN4O3/c23-16-8-6-15(7-9-16)20-19-17(24-13-25-19)10-11-27(20)22(30)26-18(21(28)29)12-14-4-2-1-3-5-14/h1-9,13,18,20H,10-12H2,(H,24,25)(H,26,30)(H,28,29)/t18-,20+/m0/s1. The van der Waals surface area contributed by atoms with Crippen LogP contribution in [-0.2, 0) is 17.6 Å². The van der Waals surface area contributed by atoms with Crippen LogP contribution in [0.4, 0.5) is 4.79 Å². The van der Waals surface area contributed by atoms with Crippen molar-refractivity contribution in [1.29, 1.82) is 0 Å². The number of carboxylic acids is 1. The fourth-order valence-electron chi connectivity index (χ4n) is 3.76. The lowest BCUT2D eigenvalue weighted by atomic mass is 9.96. The summed E-state index contributed by atoms with van der Waals surface area (Å²) < 4.78 is 0. The third-order valence-electron chi connectivity index (χ3n) is 5.25. The van der Waals surface area contributed by atoms with Crippen molar-refractivity contribution in [1.82, 2.24) is 20.2 Å². The zero-order valence-corrected chi connectivity index (χ0v) is 16.8. The first-order valence-electron chi connectivity index (χ1n) is 9.64. The number of H-pyrrole nitrogens is 1. The summed E-state index contributed by atoms with van der Waals surface area (Å²) >= 11 is 6.03. The Hall–Kier alpha value is -3.32.